The van der Waals surface area contributed by atoms with Gasteiger partial charge in [0.25, 0.3) is 0 Å². The zero-order chi connectivity index (χ0) is 15.7. The number of carbonyl (C=O) groups excluding carboxylic acids is 1. The Morgan fingerprint density at radius 3 is 2.35 bits per heavy atom. The molecule has 0 aromatic heterocycles. The number of carbonyl (C=O) groups is 2. The maximum atomic E-state index is 13.4. The summed E-state index contributed by atoms with van der Waals surface area (Å²) in [5.41, 5.74) is 3.96. The van der Waals surface area contributed by atoms with E-state index in [2.05, 4.69) is 0 Å². The third-order valence-corrected chi connectivity index (χ3v) is 2.36. The highest BCUT2D eigenvalue weighted by atomic mass is 19.1. The summed E-state index contributed by atoms with van der Waals surface area (Å²) < 4.78 is 18.5. The van der Waals surface area contributed by atoms with Gasteiger partial charge in [-0.3, -0.25) is 4.90 Å². The third-order valence-electron chi connectivity index (χ3n) is 2.36. The molecule has 0 atom stereocenters. The molecular weight excluding hydrogens is 267 g/mol. The minimum Gasteiger partial charge on any atom is -0.478 e. The monoisotopic (exact) mass is 284 g/mol. The number of aromatic carboxylic acids is 1. The molecule has 0 radical (unpaired) electrons. The fourth-order valence-corrected chi connectivity index (χ4v) is 1.54. The number of benzene rings is 1. The van der Waals surface area contributed by atoms with Gasteiger partial charge in [0.15, 0.2) is 0 Å². The van der Waals surface area contributed by atoms with Gasteiger partial charge in [0.2, 0.25) is 0 Å². The van der Waals surface area contributed by atoms with Crippen molar-refractivity contribution in [2.45, 2.75) is 26.4 Å². The number of rotatable bonds is 2. The molecule has 0 saturated heterocycles. The largest absolute Gasteiger partial charge is 0.478 e. The zero-order valence-corrected chi connectivity index (χ0v) is 11.7. The Labute approximate surface area is 115 Å². The van der Waals surface area contributed by atoms with E-state index in [-0.39, 0.29) is 16.9 Å². The zero-order valence-electron chi connectivity index (χ0n) is 11.7. The normalized spacial score (nSPS) is 11.1. The Bertz CT molecular complexity index is 552. The highest BCUT2D eigenvalue weighted by Gasteiger charge is 2.26. The number of halogens is 1. The molecule has 0 bridgehead atoms. The molecule has 0 fully saturated rings. The quantitative estimate of drug-likeness (QED) is 0.814. The van der Waals surface area contributed by atoms with Gasteiger partial charge in [-0.1, -0.05) is 0 Å². The maximum absolute atomic E-state index is 13.4. The Kier molecular flexibility index (Phi) is 4.22. The standard InChI is InChI=1S/C13H17FN2O4/c1-13(2,3)20-12(19)16(4)9-6-7(14)5-8(15)10(9)11(17)18/h5-6H,15H2,1-4H3,(H,17,18). The number of nitrogens with zero attached hydrogens (tertiary/aromatic N) is 1. The number of nitrogens with two attached hydrogens (primary N) is 1. The lowest BCUT2D eigenvalue weighted by Gasteiger charge is -2.25. The number of hydrogen-bond acceptors (Lipinski definition) is 4. The molecule has 110 valence electrons. The van der Waals surface area contributed by atoms with Gasteiger partial charge >= 0.3 is 12.1 Å². The van der Waals surface area contributed by atoms with Crippen LogP contribution < -0.4 is 10.6 Å². The predicted octanol–water partition coefficient (Wildman–Crippen LogP) is 2.48. The first-order chi connectivity index (χ1) is 9.03. The van der Waals surface area contributed by atoms with Crippen molar-refractivity contribution in [1.82, 2.24) is 0 Å². The van der Waals surface area contributed by atoms with Crippen LogP contribution in [0, 0.1) is 5.82 Å². The van der Waals surface area contributed by atoms with Crippen molar-refractivity contribution in [2.24, 2.45) is 0 Å². The van der Waals surface area contributed by atoms with Gasteiger partial charge in [-0.2, -0.15) is 0 Å². The Hall–Kier alpha value is -2.31. The summed E-state index contributed by atoms with van der Waals surface area (Å²) in [7, 11) is 1.29. The molecule has 0 aliphatic rings. The number of nitrogen functional groups attached to an aromatic ring is 1. The third kappa shape index (κ3) is 3.59. The van der Waals surface area contributed by atoms with Crippen molar-refractivity contribution >= 4 is 23.4 Å². The highest BCUT2D eigenvalue weighted by molar-refractivity contribution is 6.03. The molecule has 1 rings (SSSR count). The summed E-state index contributed by atoms with van der Waals surface area (Å²) in [5, 5.41) is 9.12. The van der Waals surface area contributed by atoms with Crippen molar-refractivity contribution < 1.29 is 23.8 Å². The fraction of sp³-hybridized carbons (Fsp3) is 0.385. The lowest BCUT2D eigenvalue weighted by molar-refractivity contribution is 0.0589. The van der Waals surface area contributed by atoms with Crippen LogP contribution in [0.4, 0.5) is 20.6 Å². The van der Waals surface area contributed by atoms with E-state index >= 15 is 0 Å². The van der Waals surface area contributed by atoms with Crippen molar-refractivity contribution in [3.05, 3.63) is 23.5 Å². The van der Waals surface area contributed by atoms with Gasteiger partial charge in [-0.15, -0.1) is 0 Å². The first-order valence-electron chi connectivity index (χ1n) is 5.82. The Morgan fingerprint density at radius 2 is 1.90 bits per heavy atom. The molecular formula is C13H17FN2O4. The molecule has 0 aliphatic carbocycles. The number of hydrogen-bond donors (Lipinski definition) is 2. The number of carboxylic acid groups (broad SMARTS) is 1. The molecule has 1 aromatic carbocycles. The number of anilines is 2. The molecule has 0 aliphatic heterocycles. The van der Waals surface area contributed by atoms with Crippen molar-refractivity contribution in [3.63, 3.8) is 0 Å². The summed E-state index contributed by atoms with van der Waals surface area (Å²) >= 11 is 0. The van der Waals surface area contributed by atoms with Crippen LogP contribution in [0.1, 0.15) is 31.1 Å². The van der Waals surface area contributed by atoms with Crippen LogP contribution in [0.5, 0.6) is 0 Å². The van der Waals surface area contributed by atoms with E-state index < -0.39 is 23.5 Å². The second-order valence-corrected chi connectivity index (χ2v) is 5.23. The number of ether oxygens (including phenoxy) is 1. The van der Waals surface area contributed by atoms with Crippen LogP contribution in [-0.2, 0) is 4.74 Å². The van der Waals surface area contributed by atoms with Crippen molar-refractivity contribution in [1.29, 1.82) is 0 Å². The summed E-state index contributed by atoms with van der Waals surface area (Å²) in [6, 6.07) is 1.81. The first kappa shape index (κ1) is 15.7. The van der Waals surface area contributed by atoms with Crippen LogP contribution in [0.25, 0.3) is 0 Å². The second kappa shape index (κ2) is 5.36. The highest BCUT2D eigenvalue weighted by Crippen LogP contribution is 2.28. The van der Waals surface area contributed by atoms with E-state index in [0.29, 0.717) is 0 Å². The van der Waals surface area contributed by atoms with Gasteiger partial charge in [-0.25, -0.2) is 14.0 Å². The van der Waals surface area contributed by atoms with E-state index in [9.17, 15) is 14.0 Å². The minimum atomic E-state index is -1.35. The van der Waals surface area contributed by atoms with Crippen LogP contribution in [0.3, 0.4) is 0 Å². The van der Waals surface area contributed by atoms with Crippen LogP contribution in [-0.4, -0.2) is 29.8 Å². The Morgan fingerprint density at radius 1 is 1.35 bits per heavy atom. The lowest BCUT2D eigenvalue weighted by atomic mass is 10.1. The summed E-state index contributed by atoms with van der Waals surface area (Å²) in [6.07, 6.45) is -0.801. The van der Waals surface area contributed by atoms with Gasteiger partial charge in [0.1, 0.15) is 17.0 Å². The summed E-state index contributed by atoms with van der Waals surface area (Å²) in [6.45, 7) is 4.99. The van der Waals surface area contributed by atoms with Gasteiger partial charge < -0.3 is 15.6 Å². The van der Waals surface area contributed by atoms with E-state index in [1.807, 2.05) is 0 Å². The smallest absolute Gasteiger partial charge is 0.414 e. The molecule has 0 heterocycles. The van der Waals surface area contributed by atoms with Crippen molar-refractivity contribution in [2.75, 3.05) is 17.7 Å². The average molecular weight is 284 g/mol. The summed E-state index contributed by atoms with van der Waals surface area (Å²) in [4.78, 5) is 24.0. The van der Waals surface area contributed by atoms with E-state index in [0.717, 1.165) is 17.0 Å². The summed E-state index contributed by atoms with van der Waals surface area (Å²) in [5.74, 6) is -2.09. The lowest BCUT2D eigenvalue weighted by Crippen LogP contribution is -2.35. The van der Waals surface area contributed by atoms with Crippen molar-refractivity contribution in [3.8, 4) is 0 Å². The van der Waals surface area contributed by atoms with E-state index in [4.69, 9.17) is 15.6 Å². The molecule has 1 amide bonds. The second-order valence-electron chi connectivity index (χ2n) is 5.23. The maximum Gasteiger partial charge on any atom is 0.414 e. The van der Waals surface area contributed by atoms with Crippen LogP contribution >= 0.6 is 0 Å². The Balaban J connectivity index is 3.25. The number of carboxylic acids is 1. The molecule has 6 nitrogen and oxygen atoms in total. The fourth-order valence-electron chi connectivity index (χ4n) is 1.54. The molecule has 1 aromatic rings. The first-order valence-corrected chi connectivity index (χ1v) is 5.82. The number of amides is 1. The predicted molar refractivity (Wildman–Crippen MR) is 72.4 cm³/mol. The molecule has 0 saturated carbocycles. The van der Waals surface area contributed by atoms with Gasteiger partial charge in [0.05, 0.1) is 11.4 Å². The van der Waals surface area contributed by atoms with Gasteiger partial charge in [-0.05, 0) is 32.9 Å². The van der Waals surface area contributed by atoms with Crippen LogP contribution in [0.15, 0.2) is 12.1 Å². The molecule has 0 spiro atoms. The molecule has 3 N–H and O–H groups in total. The minimum absolute atomic E-state index is 0.163. The van der Waals surface area contributed by atoms with Gasteiger partial charge in [0, 0.05) is 7.05 Å². The van der Waals surface area contributed by atoms with E-state index in [1.165, 1.54) is 7.05 Å². The average Bonchev–Trinajstić information content (AvgIpc) is 2.23. The van der Waals surface area contributed by atoms with E-state index in [1.54, 1.807) is 20.8 Å². The molecule has 7 heteroatoms. The molecule has 20 heavy (non-hydrogen) atoms. The SMILES string of the molecule is CN(C(=O)OC(C)(C)C)c1cc(F)cc(N)c1C(=O)O. The molecule has 0 unspecified atom stereocenters. The van der Waals surface area contributed by atoms with Crippen LogP contribution in [0.2, 0.25) is 0 Å². The topological polar surface area (TPSA) is 92.9 Å².